The molecule has 1 nitrogen and oxygen atoms in total. The molecule has 0 rings (SSSR count). The van der Waals surface area contributed by atoms with E-state index < -0.39 is 0 Å². The number of rotatable bonds is 5. The molecule has 0 aromatic rings. The van der Waals surface area contributed by atoms with Crippen molar-refractivity contribution in [2.45, 2.75) is 20.3 Å². The van der Waals surface area contributed by atoms with E-state index in [1.54, 1.807) is 0 Å². The van der Waals surface area contributed by atoms with Crippen molar-refractivity contribution in [2.75, 3.05) is 18.0 Å². The van der Waals surface area contributed by atoms with Gasteiger partial charge < -0.3 is 5.32 Å². The van der Waals surface area contributed by atoms with Crippen LogP contribution in [0.3, 0.4) is 0 Å². The Morgan fingerprint density at radius 2 is 2.00 bits per heavy atom. The van der Waals surface area contributed by atoms with Gasteiger partial charge in [-0.25, -0.2) is 0 Å². The van der Waals surface area contributed by atoms with E-state index in [0.717, 1.165) is 18.4 Å². The number of hydrogen-bond acceptors (Lipinski definition) is 1. The highest BCUT2D eigenvalue weighted by Crippen LogP contribution is 2.16. The van der Waals surface area contributed by atoms with Gasteiger partial charge in [0.15, 0.2) is 0 Å². The second kappa shape index (κ2) is 6.40. The van der Waals surface area contributed by atoms with Gasteiger partial charge in [0.1, 0.15) is 0 Å². The first-order valence-electron chi connectivity index (χ1n) is 3.93. The molecular weight excluding hydrogens is 237 g/mol. The first-order chi connectivity index (χ1) is 4.72. The van der Waals surface area contributed by atoms with Gasteiger partial charge in [-0.1, -0.05) is 36.4 Å². The van der Waals surface area contributed by atoms with E-state index in [0.29, 0.717) is 0 Å². The van der Waals surface area contributed by atoms with Crippen LogP contribution in [0, 0.1) is 11.8 Å². The van der Waals surface area contributed by atoms with Crippen LogP contribution in [-0.4, -0.2) is 18.0 Å². The molecule has 0 saturated carbocycles. The van der Waals surface area contributed by atoms with E-state index >= 15 is 0 Å². The quantitative estimate of drug-likeness (QED) is 0.587. The molecule has 0 saturated heterocycles. The second-order valence-corrected chi connectivity index (χ2v) is 3.93. The van der Waals surface area contributed by atoms with Gasteiger partial charge in [0, 0.05) is 4.43 Å². The predicted octanol–water partition coefficient (Wildman–Crippen LogP) is 2.30. The van der Waals surface area contributed by atoms with Crippen molar-refractivity contribution in [2.24, 2.45) is 11.8 Å². The topological polar surface area (TPSA) is 12.0 Å². The molecule has 1 atom stereocenters. The largest absolute Gasteiger partial charge is 0.320 e. The van der Waals surface area contributed by atoms with Crippen molar-refractivity contribution in [3.05, 3.63) is 0 Å². The Balaban J connectivity index is 3.40. The van der Waals surface area contributed by atoms with Crippen molar-refractivity contribution >= 4 is 22.6 Å². The SMILES string of the molecule is CNCCC(CI)C(C)C. The maximum atomic E-state index is 3.18. The molecule has 10 heavy (non-hydrogen) atoms. The molecule has 0 aromatic carbocycles. The fourth-order valence-electron chi connectivity index (χ4n) is 0.918. The van der Waals surface area contributed by atoms with Crippen molar-refractivity contribution < 1.29 is 0 Å². The zero-order valence-electron chi connectivity index (χ0n) is 7.15. The molecular formula is C8H18IN. The van der Waals surface area contributed by atoms with Crippen LogP contribution in [0.25, 0.3) is 0 Å². The average molecular weight is 255 g/mol. The lowest BCUT2D eigenvalue weighted by Gasteiger charge is -2.17. The molecule has 0 bridgehead atoms. The van der Waals surface area contributed by atoms with Gasteiger partial charge in [-0.3, -0.25) is 0 Å². The maximum absolute atomic E-state index is 3.18. The summed E-state index contributed by atoms with van der Waals surface area (Å²) in [5.74, 6) is 1.73. The molecule has 0 fully saturated rings. The second-order valence-electron chi connectivity index (χ2n) is 3.05. The normalized spacial score (nSPS) is 14.1. The number of hydrogen-bond donors (Lipinski definition) is 1. The van der Waals surface area contributed by atoms with E-state index in [4.69, 9.17) is 0 Å². The fourth-order valence-corrected chi connectivity index (χ4v) is 2.38. The zero-order valence-corrected chi connectivity index (χ0v) is 9.31. The van der Waals surface area contributed by atoms with E-state index in [1.807, 2.05) is 7.05 Å². The van der Waals surface area contributed by atoms with Gasteiger partial charge in [0.05, 0.1) is 0 Å². The van der Waals surface area contributed by atoms with Gasteiger partial charge in [-0.2, -0.15) is 0 Å². The Kier molecular flexibility index (Phi) is 6.85. The summed E-state index contributed by atoms with van der Waals surface area (Å²) in [6.07, 6.45) is 1.32. The fraction of sp³-hybridized carbons (Fsp3) is 1.00. The van der Waals surface area contributed by atoms with Crippen LogP contribution in [0.2, 0.25) is 0 Å². The van der Waals surface area contributed by atoms with Crippen LogP contribution in [-0.2, 0) is 0 Å². The van der Waals surface area contributed by atoms with E-state index in [2.05, 4.69) is 41.8 Å². The van der Waals surface area contributed by atoms with Crippen LogP contribution in [0.15, 0.2) is 0 Å². The predicted molar refractivity (Wildman–Crippen MR) is 55.8 cm³/mol. The van der Waals surface area contributed by atoms with E-state index in [-0.39, 0.29) is 0 Å². The minimum absolute atomic E-state index is 0.838. The molecule has 0 aliphatic rings. The molecule has 1 unspecified atom stereocenters. The van der Waals surface area contributed by atoms with Crippen molar-refractivity contribution in [3.63, 3.8) is 0 Å². The highest BCUT2D eigenvalue weighted by molar-refractivity contribution is 14.1. The van der Waals surface area contributed by atoms with Gasteiger partial charge in [0.2, 0.25) is 0 Å². The number of halogens is 1. The van der Waals surface area contributed by atoms with Crippen molar-refractivity contribution in [1.82, 2.24) is 5.32 Å². The van der Waals surface area contributed by atoms with E-state index in [1.165, 1.54) is 10.8 Å². The Bertz CT molecular complexity index is 73.7. The van der Waals surface area contributed by atoms with Crippen molar-refractivity contribution in [3.8, 4) is 0 Å². The third-order valence-corrected chi connectivity index (χ3v) is 3.04. The maximum Gasteiger partial charge on any atom is 0.00266 e. The third kappa shape index (κ3) is 4.50. The Morgan fingerprint density at radius 1 is 1.40 bits per heavy atom. The highest BCUT2D eigenvalue weighted by Gasteiger charge is 2.09. The van der Waals surface area contributed by atoms with Gasteiger partial charge >= 0.3 is 0 Å². The molecule has 0 amide bonds. The summed E-state index contributed by atoms with van der Waals surface area (Å²) in [7, 11) is 2.02. The van der Waals surface area contributed by atoms with E-state index in [9.17, 15) is 0 Å². The molecule has 0 aromatic heterocycles. The van der Waals surface area contributed by atoms with Crippen molar-refractivity contribution in [1.29, 1.82) is 0 Å². The summed E-state index contributed by atoms with van der Waals surface area (Å²) in [4.78, 5) is 0. The zero-order chi connectivity index (χ0) is 7.98. The average Bonchev–Trinajstić information content (AvgIpc) is 1.89. The van der Waals surface area contributed by atoms with Gasteiger partial charge in [-0.05, 0) is 31.8 Å². The first kappa shape index (κ1) is 10.7. The number of nitrogens with one attached hydrogen (secondary N) is 1. The molecule has 1 N–H and O–H groups in total. The molecule has 0 aliphatic carbocycles. The summed E-state index contributed by atoms with van der Waals surface area (Å²) in [5, 5.41) is 3.18. The monoisotopic (exact) mass is 255 g/mol. The summed E-state index contributed by atoms with van der Waals surface area (Å²) in [6, 6.07) is 0. The molecule has 62 valence electrons. The molecule has 2 heteroatoms. The summed E-state index contributed by atoms with van der Waals surface area (Å²) < 4.78 is 1.29. The van der Waals surface area contributed by atoms with Crippen LogP contribution in [0.1, 0.15) is 20.3 Å². The Hall–Kier alpha value is 0.690. The van der Waals surface area contributed by atoms with Crippen LogP contribution < -0.4 is 5.32 Å². The summed E-state index contributed by atoms with van der Waals surface area (Å²) in [6.45, 7) is 5.77. The first-order valence-corrected chi connectivity index (χ1v) is 5.45. The highest BCUT2D eigenvalue weighted by atomic mass is 127. The van der Waals surface area contributed by atoms with Gasteiger partial charge in [0.25, 0.3) is 0 Å². The lowest BCUT2D eigenvalue weighted by Crippen LogP contribution is -2.17. The lowest BCUT2D eigenvalue weighted by molar-refractivity contribution is 0.400. The minimum atomic E-state index is 0.838. The Morgan fingerprint density at radius 3 is 2.30 bits per heavy atom. The molecule has 0 radical (unpaired) electrons. The smallest absolute Gasteiger partial charge is 0.00266 e. The summed E-state index contributed by atoms with van der Waals surface area (Å²) in [5.41, 5.74) is 0. The molecule has 0 heterocycles. The molecule has 0 spiro atoms. The summed E-state index contributed by atoms with van der Waals surface area (Å²) >= 11 is 2.48. The Labute approximate surface area is 78.1 Å². The third-order valence-electron chi connectivity index (χ3n) is 1.91. The standard InChI is InChI=1S/C8H18IN/c1-7(2)8(6-9)4-5-10-3/h7-8,10H,4-6H2,1-3H3. The van der Waals surface area contributed by atoms with Crippen LogP contribution in [0.5, 0.6) is 0 Å². The molecule has 0 aliphatic heterocycles. The van der Waals surface area contributed by atoms with Crippen LogP contribution in [0.4, 0.5) is 0 Å². The lowest BCUT2D eigenvalue weighted by atomic mass is 9.95. The number of alkyl halides is 1. The van der Waals surface area contributed by atoms with Crippen LogP contribution >= 0.6 is 22.6 Å². The minimum Gasteiger partial charge on any atom is -0.320 e. The van der Waals surface area contributed by atoms with Gasteiger partial charge in [-0.15, -0.1) is 0 Å².